The van der Waals surface area contributed by atoms with Crippen LogP contribution in [0.2, 0.25) is 0 Å². The zero-order valence-corrected chi connectivity index (χ0v) is 22.7. The van der Waals surface area contributed by atoms with Crippen molar-refractivity contribution >= 4 is 0 Å². The van der Waals surface area contributed by atoms with Gasteiger partial charge < -0.3 is 15.1 Å². The van der Waals surface area contributed by atoms with Crippen molar-refractivity contribution < 1.29 is 21.1 Å². The van der Waals surface area contributed by atoms with Gasteiger partial charge >= 0.3 is 0 Å². The van der Waals surface area contributed by atoms with Gasteiger partial charge in [0.25, 0.3) is 0 Å². The first kappa shape index (κ1) is 26.7. The Labute approximate surface area is 217 Å². The molecule has 0 radical (unpaired) electrons. The van der Waals surface area contributed by atoms with Gasteiger partial charge in [0.05, 0.1) is 0 Å². The number of piperidine rings is 2. The van der Waals surface area contributed by atoms with Crippen LogP contribution in [-0.4, -0.2) is 42.5 Å². The number of benzene rings is 1. The van der Waals surface area contributed by atoms with Crippen LogP contribution in [0.3, 0.4) is 0 Å². The molecule has 0 unspecified atom stereocenters. The zero-order valence-electron chi connectivity index (χ0n) is 20.4. The molecule has 1 aromatic rings. The van der Waals surface area contributed by atoms with Gasteiger partial charge in [-0.05, 0) is 70.6 Å². The maximum atomic E-state index is 4.17. The number of nitrogens with zero attached hydrogens (tertiary/aromatic N) is 3. The second kappa shape index (κ2) is 15.2. The summed E-state index contributed by atoms with van der Waals surface area (Å²) < 4.78 is 0. The second-order valence-corrected chi connectivity index (χ2v) is 10.1. The number of hydrogen-bond donors (Lipinski definition) is 0. The Bertz CT molecular complexity index is 691. The maximum absolute atomic E-state index is 4.17. The smallest absolute Gasteiger partial charge is 0.000741 e. The van der Waals surface area contributed by atoms with E-state index in [0.717, 1.165) is 25.6 Å². The number of hydrogen-bond acceptors (Lipinski definition) is 2. The van der Waals surface area contributed by atoms with E-state index in [0.29, 0.717) is 0 Å². The Hall–Kier alpha value is -0.892. The van der Waals surface area contributed by atoms with Crippen LogP contribution in [0, 0.1) is 12.0 Å². The van der Waals surface area contributed by atoms with E-state index in [-0.39, 0.29) is 21.1 Å². The minimum atomic E-state index is 0. The minimum Gasteiger partial charge on any atom is -0.687 e. The molecular formula is C29H43N3Pt-2. The van der Waals surface area contributed by atoms with E-state index in [1.165, 1.54) is 108 Å². The molecule has 3 nitrogen and oxygen atoms in total. The summed E-state index contributed by atoms with van der Waals surface area (Å²) in [7, 11) is 0. The molecule has 2 saturated heterocycles. The number of allylic oxidation sites excluding steroid dienone is 2. The quantitative estimate of drug-likeness (QED) is 0.333. The van der Waals surface area contributed by atoms with Gasteiger partial charge in [-0.2, -0.15) is 30.5 Å². The molecule has 33 heavy (non-hydrogen) atoms. The van der Waals surface area contributed by atoms with E-state index in [4.69, 9.17) is 0 Å². The van der Waals surface area contributed by atoms with Gasteiger partial charge in [-0.25, -0.2) is 0 Å². The predicted octanol–water partition coefficient (Wildman–Crippen LogP) is 6.85. The molecule has 0 amide bonds. The molecule has 4 heteroatoms. The minimum absolute atomic E-state index is 0. The summed E-state index contributed by atoms with van der Waals surface area (Å²) in [5, 5.41) is 4.17. The molecule has 186 valence electrons. The van der Waals surface area contributed by atoms with Gasteiger partial charge in [-0.3, -0.25) is 0 Å². The van der Waals surface area contributed by atoms with Crippen LogP contribution >= 0.6 is 0 Å². The fourth-order valence-electron chi connectivity index (χ4n) is 5.64. The summed E-state index contributed by atoms with van der Waals surface area (Å²) >= 11 is 0. The van der Waals surface area contributed by atoms with Crippen LogP contribution in [0.1, 0.15) is 81.8 Å². The van der Waals surface area contributed by atoms with Crippen LogP contribution in [0.4, 0.5) is 0 Å². The largest absolute Gasteiger partial charge is 0.687 e. The van der Waals surface area contributed by atoms with Gasteiger partial charge in [0, 0.05) is 34.2 Å². The van der Waals surface area contributed by atoms with Crippen molar-refractivity contribution in [1.29, 1.82) is 0 Å². The van der Waals surface area contributed by atoms with Gasteiger partial charge in [0.1, 0.15) is 0 Å². The predicted molar refractivity (Wildman–Crippen MR) is 136 cm³/mol. The molecule has 0 spiro atoms. The number of likely N-dealkylation sites (tertiary alicyclic amines) is 2. The van der Waals surface area contributed by atoms with Gasteiger partial charge in [-0.1, -0.05) is 49.8 Å². The third-order valence-corrected chi connectivity index (χ3v) is 7.48. The molecule has 1 aliphatic carbocycles. The molecule has 0 N–H and O–H groups in total. The number of rotatable bonds is 5. The van der Waals surface area contributed by atoms with Crippen LogP contribution in [0.25, 0.3) is 5.32 Å². The molecule has 0 aromatic heterocycles. The summed E-state index contributed by atoms with van der Waals surface area (Å²) in [5.74, 6) is 0.852. The third-order valence-electron chi connectivity index (χ3n) is 7.48. The standard InChI is InChI=1S/C18H27N2.C11H16N.Pt/c1-3-10-19(11-4-1)15-17-8-7-9-18(14-17)16-20-12-5-2-6-13-20;1-2-4-10(5-3-1)11-6-8-12-9-7-11;/h7-9H,1-6,10-13,15-16H2;6-8,10H,1-5,9H2;/q2*-1;. The van der Waals surface area contributed by atoms with Crippen molar-refractivity contribution in [2.24, 2.45) is 5.92 Å². The first-order valence-corrected chi connectivity index (χ1v) is 13.3. The van der Waals surface area contributed by atoms with Crippen molar-refractivity contribution in [3.8, 4) is 0 Å². The monoisotopic (exact) mass is 628 g/mol. The normalized spacial score (nSPS) is 22.4. The summed E-state index contributed by atoms with van der Waals surface area (Å²) in [5.41, 5.74) is 4.30. The van der Waals surface area contributed by atoms with E-state index in [1.807, 2.05) is 6.20 Å². The fourth-order valence-corrected chi connectivity index (χ4v) is 5.64. The molecule has 3 fully saturated rings. The molecule has 1 aromatic carbocycles. The summed E-state index contributed by atoms with van der Waals surface area (Å²) in [6, 6.07) is 10.4. The van der Waals surface area contributed by atoms with E-state index in [2.05, 4.69) is 51.5 Å². The van der Waals surface area contributed by atoms with Gasteiger partial charge in [-0.15, -0.1) is 17.7 Å². The second-order valence-electron chi connectivity index (χ2n) is 10.1. The Morgan fingerprint density at radius 2 is 1.30 bits per heavy atom. The van der Waals surface area contributed by atoms with Crippen molar-refractivity contribution in [1.82, 2.24) is 9.80 Å². The van der Waals surface area contributed by atoms with Crippen LogP contribution in [0.5, 0.6) is 0 Å². The average Bonchev–Trinajstić information content (AvgIpc) is 2.87. The molecule has 1 saturated carbocycles. The van der Waals surface area contributed by atoms with Gasteiger partial charge in [0.2, 0.25) is 0 Å². The molecule has 3 heterocycles. The van der Waals surface area contributed by atoms with Crippen molar-refractivity contribution in [3.05, 3.63) is 64.6 Å². The van der Waals surface area contributed by atoms with E-state index < -0.39 is 0 Å². The van der Waals surface area contributed by atoms with E-state index in [9.17, 15) is 0 Å². The molecule has 0 atom stereocenters. The van der Waals surface area contributed by atoms with Crippen molar-refractivity contribution in [2.75, 3.05) is 32.7 Å². The molecule has 0 bridgehead atoms. The SMILES string of the molecule is C1=CC(C2CCCCC2)=CC[N-]1.[Pt].[c-]1c(CN2CCCCC2)cccc1CN1CCCCC1. The Morgan fingerprint density at radius 3 is 1.82 bits per heavy atom. The van der Waals surface area contributed by atoms with Crippen LogP contribution in [-0.2, 0) is 34.2 Å². The van der Waals surface area contributed by atoms with Crippen molar-refractivity contribution in [3.63, 3.8) is 0 Å². The summed E-state index contributed by atoms with van der Waals surface area (Å²) in [4.78, 5) is 5.17. The summed E-state index contributed by atoms with van der Waals surface area (Å²) in [6.45, 7) is 8.16. The summed E-state index contributed by atoms with van der Waals surface area (Å²) in [6.07, 6.45) is 21.8. The fraction of sp³-hybridized carbons (Fsp3) is 0.655. The topological polar surface area (TPSA) is 20.6 Å². The van der Waals surface area contributed by atoms with E-state index in [1.54, 1.807) is 5.57 Å². The zero-order chi connectivity index (χ0) is 21.8. The van der Waals surface area contributed by atoms with Crippen LogP contribution < -0.4 is 0 Å². The molecule has 4 aliphatic rings. The molecular weight excluding hydrogens is 585 g/mol. The Balaban J connectivity index is 0.000000202. The van der Waals surface area contributed by atoms with Crippen molar-refractivity contribution in [2.45, 2.75) is 83.7 Å². The van der Waals surface area contributed by atoms with Crippen LogP contribution in [0.15, 0.2) is 42.1 Å². The Kier molecular flexibility index (Phi) is 12.3. The average molecular weight is 629 g/mol. The molecule has 5 rings (SSSR count). The first-order valence-electron chi connectivity index (χ1n) is 13.3. The molecule has 3 aliphatic heterocycles. The van der Waals surface area contributed by atoms with Gasteiger partial charge in [0.15, 0.2) is 0 Å². The Morgan fingerprint density at radius 1 is 0.758 bits per heavy atom. The first-order chi connectivity index (χ1) is 15.9. The maximum Gasteiger partial charge on any atom is 0.000741 e. The third kappa shape index (κ3) is 9.35. The van der Waals surface area contributed by atoms with E-state index >= 15 is 0 Å².